The average Bonchev–Trinajstić information content (AvgIpc) is 2.91. The quantitative estimate of drug-likeness (QED) is 0.770. The van der Waals surface area contributed by atoms with Crippen molar-refractivity contribution in [3.63, 3.8) is 0 Å². The molecule has 1 fully saturated rings. The lowest BCUT2D eigenvalue weighted by atomic mass is 10.2. The number of carbonyl (C=O) groups excluding carboxylic acids is 1. The first-order valence-corrected chi connectivity index (χ1v) is 8.18. The van der Waals surface area contributed by atoms with Gasteiger partial charge in [-0.2, -0.15) is 0 Å². The van der Waals surface area contributed by atoms with Gasteiger partial charge in [-0.05, 0) is 24.6 Å². The topological polar surface area (TPSA) is 92.5 Å². The SMILES string of the molecule is C=CCNS(=O)(=O)c1cccc(C(=O)N2CC[C@@H](N)C2)c1.Cl. The number of likely N-dealkylation sites (tertiary alicyclic amines) is 1. The van der Waals surface area contributed by atoms with Gasteiger partial charge in [-0.3, -0.25) is 4.79 Å². The molecule has 122 valence electrons. The number of nitrogens with two attached hydrogens (primary N) is 1. The Labute approximate surface area is 136 Å². The van der Waals surface area contributed by atoms with Crippen LogP contribution in [0.4, 0.5) is 0 Å². The maximum absolute atomic E-state index is 12.3. The van der Waals surface area contributed by atoms with E-state index in [2.05, 4.69) is 11.3 Å². The minimum Gasteiger partial charge on any atom is -0.337 e. The Morgan fingerprint density at radius 2 is 2.23 bits per heavy atom. The van der Waals surface area contributed by atoms with Gasteiger partial charge >= 0.3 is 0 Å². The second-order valence-corrected chi connectivity index (χ2v) is 6.74. The number of nitrogens with zero attached hydrogens (tertiary/aromatic N) is 1. The number of nitrogens with one attached hydrogen (secondary N) is 1. The van der Waals surface area contributed by atoms with Crippen LogP contribution in [0.3, 0.4) is 0 Å². The third-order valence-corrected chi connectivity index (χ3v) is 4.74. The number of hydrogen-bond donors (Lipinski definition) is 2. The Hall–Kier alpha value is -1.41. The lowest BCUT2D eigenvalue weighted by molar-refractivity contribution is 0.0790. The number of halogens is 1. The van der Waals surface area contributed by atoms with Gasteiger partial charge in [-0.25, -0.2) is 13.1 Å². The zero-order chi connectivity index (χ0) is 15.5. The summed E-state index contributed by atoms with van der Waals surface area (Å²) in [6, 6.07) is 6.01. The number of amides is 1. The predicted molar refractivity (Wildman–Crippen MR) is 87.6 cm³/mol. The van der Waals surface area contributed by atoms with E-state index in [1.165, 1.54) is 18.2 Å². The number of sulfonamides is 1. The molecule has 0 aromatic heterocycles. The highest BCUT2D eigenvalue weighted by atomic mass is 35.5. The largest absolute Gasteiger partial charge is 0.337 e. The molecule has 1 saturated heterocycles. The van der Waals surface area contributed by atoms with Crippen LogP contribution in [0.2, 0.25) is 0 Å². The molecule has 1 amide bonds. The fraction of sp³-hybridized carbons (Fsp3) is 0.357. The Bertz CT molecular complexity index is 648. The minimum atomic E-state index is -3.63. The second-order valence-electron chi connectivity index (χ2n) is 4.97. The molecular weight excluding hydrogens is 326 g/mol. The van der Waals surface area contributed by atoms with Gasteiger partial charge in [-0.15, -0.1) is 19.0 Å². The summed E-state index contributed by atoms with van der Waals surface area (Å²) in [7, 11) is -3.63. The van der Waals surface area contributed by atoms with Crippen molar-refractivity contribution in [1.29, 1.82) is 0 Å². The monoisotopic (exact) mass is 345 g/mol. The highest BCUT2D eigenvalue weighted by Crippen LogP contribution is 2.16. The molecule has 8 heteroatoms. The molecule has 0 spiro atoms. The van der Waals surface area contributed by atoms with E-state index in [9.17, 15) is 13.2 Å². The first-order chi connectivity index (χ1) is 9.94. The van der Waals surface area contributed by atoms with E-state index in [4.69, 9.17) is 5.73 Å². The number of hydrogen-bond acceptors (Lipinski definition) is 4. The maximum Gasteiger partial charge on any atom is 0.253 e. The van der Waals surface area contributed by atoms with Crippen LogP contribution in [0, 0.1) is 0 Å². The van der Waals surface area contributed by atoms with Crippen LogP contribution in [0.5, 0.6) is 0 Å². The summed E-state index contributed by atoms with van der Waals surface area (Å²) in [5.41, 5.74) is 6.14. The zero-order valence-electron chi connectivity index (χ0n) is 12.1. The van der Waals surface area contributed by atoms with Gasteiger partial charge in [0.15, 0.2) is 0 Å². The molecule has 0 unspecified atom stereocenters. The summed E-state index contributed by atoms with van der Waals surface area (Å²) in [5.74, 6) is -0.191. The van der Waals surface area contributed by atoms with Gasteiger partial charge < -0.3 is 10.6 Å². The lowest BCUT2D eigenvalue weighted by Gasteiger charge is -2.16. The molecule has 1 heterocycles. The molecular formula is C14H20ClN3O3S. The van der Waals surface area contributed by atoms with E-state index in [1.807, 2.05) is 0 Å². The van der Waals surface area contributed by atoms with Crippen molar-refractivity contribution >= 4 is 28.3 Å². The van der Waals surface area contributed by atoms with Crippen LogP contribution < -0.4 is 10.5 Å². The van der Waals surface area contributed by atoms with Crippen LogP contribution in [0.15, 0.2) is 41.8 Å². The minimum absolute atomic E-state index is 0. The molecule has 0 bridgehead atoms. The molecule has 0 aliphatic carbocycles. The summed E-state index contributed by atoms with van der Waals surface area (Å²) < 4.78 is 26.4. The Kier molecular flexibility index (Phi) is 6.55. The van der Waals surface area contributed by atoms with Gasteiger partial charge in [-0.1, -0.05) is 12.1 Å². The van der Waals surface area contributed by atoms with Crippen molar-refractivity contribution in [3.05, 3.63) is 42.5 Å². The maximum atomic E-state index is 12.3. The molecule has 3 N–H and O–H groups in total. The van der Waals surface area contributed by atoms with E-state index in [-0.39, 0.29) is 35.8 Å². The predicted octanol–water partition coefficient (Wildman–Crippen LogP) is 0.746. The highest BCUT2D eigenvalue weighted by molar-refractivity contribution is 7.89. The molecule has 1 aromatic rings. The Morgan fingerprint density at radius 3 is 2.82 bits per heavy atom. The fourth-order valence-electron chi connectivity index (χ4n) is 2.20. The third kappa shape index (κ3) is 4.30. The van der Waals surface area contributed by atoms with Crippen molar-refractivity contribution in [2.45, 2.75) is 17.4 Å². The standard InChI is InChI=1S/C14H19N3O3S.ClH/c1-2-7-16-21(19,20)13-5-3-4-11(9-13)14(18)17-8-6-12(15)10-17;/h2-5,9,12,16H,1,6-8,10,15H2;1H/t12-;/m1./s1. The molecule has 0 saturated carbocycles. The van der Waals surface area contributed by atoms with Crippen LogP contribution in [0.1, 0.15) is 16.8 Å². The van der Waals surface area contributed by atoms with E-state index in [0.29, 0.717) is 18.7 Å². The van der Waals surface area contributed by atoms with Gasteiger partial charge in [0.2, 0.25) is 10.0 Å². The van der Waals surface area contributed by atoms with Crippen molar-refractivity contribution < 1.29 is 13.2 Å². The number of carbonyl (C=O) groups is 1. The molecule has 0 radical (unpaired) electrons. The van der Waals surface area contributed by atoms with Crippen LogP contribution in [-0.2, 0) is 10.0 Å². The lowest BCUT2D eigenvalue weighted by Crippen LogP contribution is -2.32. The summed E-state index contributed by atoms with van der Waals surface area (Å²) in [6.07, 6.45) is 2.22. The molecule has 22 heavy (non-hydrogen) atoms. The number of rotatable bonds is 5. The van der Waals surface area contributed by atoms with Crippen LogP contribution in [-0.4, -0.2) is 44.9 Å². The summed E-state index contributed by atoms with van der Waals surface area (Å²) in [4.78, 5) is 14.0. The molecule has 1 atom stereocenters. The first kappa shape index (κ1) is 18.6. The van der Waals surface area contributed by atoms with Crippen molar-refractivity contribution in [2.75, 3.05) is 19.6 Å². The van der Waals surface area contributed by atoms with Crippen molar-refractivity contribution in [2.24, 2.45) is 5.73 Å². The highest BCUT2D eigenvalue weighted by Gasteiger charge is 2.25. The molecule has 2 rings (SSSR count). The first-order valence-electron chi connectivity index (χ1n) is 6.69. The van der Waals surface area contributed by atoms with Gasteiger partial charge in [0, 0.05) is 31.2 Å². The third-order valence-electron chi connectivity index (χ3n) is 3.32. The van der Waals surface area contributed by atoms with Crippen molar-refractivity contribution in [1.82, 2.24) is 9.62 Å². The Balaban J connectivity index is 0.00000242. The average molecular weight is 346 g/mol. The summed E-state index contributed by atoms with van der Waals surface area (Å²) in [6.45, 7) is 4.71. The molecule has 1 aliphatic heterocycles. The fourth-order valence-corrected chi connectivity index (χ4v) is 3.25. The zero-order valence-corrected chi connectivity index (χ0v) is 13.7. The Morgan fingerprint density at radius 1 is 1.50 bits per heavy atom. The summed E-state index contributed by atoms with van der Waals surface area (Å²) >= 11 is 0. The van der Waals surface area contributed by atoms with Gasteiger partial charge in [0.25, 0.3) is 5.91 Å². The number of benzene rings is 1. The molecule has 1 aliphatic rings. The molecule has 6 nitrogen and oxygen atoms in total. The van der Waals surface area contributed by atoms with E-state index in [1.54, 1.807) is 17.0 Å². The van der Waals surface area contributed by atoms with Crippen molar-refractivity contribution in [3.8, 4) is 0 Å². The smallest absolute Gasteiger partial charge is 0.253 e. The normalized spacial score (nSPS) is 17.9. The molecule has 1 aromatic carbocycles. The second kappa shape index (κ2) is 7.73. The van der Waals surface area contributed by atoms with Crippen LogP contribution >= 0.6 is 12.4 Å². The summed E-state index contributed by atoms with van der Waals surface area (Å²) in [5, 5.41) is 0. The van der Waals surface area contributed by atoms with E-state index < -0.39 is 10.0 Å². The van der Waals surface area contributed by atoms with Gasteiger partial charge in [0.1, 0.15) is 0 Å². The van der Waals surface area contributed by atoms with E-state index in [0.717, 1.165) is 6.42 Å². The van der Waals surface area contributed by atoms with E-state index >= 15 is 0 Å². The van der Waals surface area contributed by atoms with Crippen LogP contribution in [0.25, 0.3) is 0 Å². The van der Waals surface area contributed by atoms with Gasteiger partial charge in [0.05, 0.1) is 4.90 Å².